The van der Waals surface area contributed by atoms with Gasteiger partial charge in [-0.25, -0.2) is 0 Å². The molecule has 2 aromatic rings. The molecule has 0 saturated carbocycles. The van der Waals surface area contributed by atoms with Crippen LogP contribution in [0, 0.1) is 0 Å². The van der Waals surface area contributed by atoms with Gasteiger partial charge in [0, 0.05) is 10.2 Å². The number of anilines is 1. The van der Waals surface area contributed by atoms with Crippen molar-refractivity contribution < 1.29 is 14.6 Å². The second kappa shape index (κ2) is 7.13. The SMILES string of the molecule is CCCOc1ccc(NC(=O)c2cc(Br)ccc2O)cc1. The Morgan fingerprint density at radius 1 is 1.24 bits per heavy atom. The van der Waals surface area contributed by atoms with Gasteiger partial charge in [-0.15, -0.1) is 0 Å². The van der Waals surface area contributed by atoms with Crippen molar-refractivity contribution in [2.45, 2.75) is 13.3 Å². The molecule has 4 nitrogen and oxygen atoms in total. The summed E-state index contributed by atoms with van der Waals surface area (Å²) in [6.07, 6.45) is 0.945. The van der Waals surface area contributed by atoms with Crippen molar-refractivity contribution in [3.63, 3.8) is 0 Å². The fourth-order valence-corrected chi connectivity index (χ4v) is 2.10. The molecule has 0 bridgehead atoms. The van der Waals surface area contributed by atoms with Crippen molar-refractivity contribution >= 4 is 27.5 Å². The first-order chi connectivity index (χ1) is 10.1. The lowest BCUT2D eigenvalue weighted by Crippen LogP contribution is -2.12. The molecule has 0 aliphatic rings. The second-order valence-electron chi connectivity index (χ2n) is 4.49. The van der Waals surface area contributed by atoms with E-state index in [-0.39, 0.29) is 17.2 Å². The van der Waals surface area contributed by atoms with E-state index in [9.17, 15) is 9.90 Å². The lowest BCUT2D eigenvalue weighted by atomic mass is 10.2. The number of nitrogens with one attached hydrogen (secondary N) is 1. The first kappa shape index (κ1) is 15.4. The van der Waals surface area contributed by atoms with Crippen LogP contribution in [0.5, 0.6) is 11.5 Å². The molecule has 0 radical (unpaired) electrons. The predicted octanol–water partition coefficient (Wildman–Crippen LogP) is 4.20. The number of phenols is 1. The Morgan fingerprint density at radius 3 is 2.62 bits per heavy atom. The van der Waals surface area contributed by atoms with Gasteiger partial charge in [-0.3, -0.25) is 4.79 Å². The van der Waals surface area contributed by atoms with Gasteiger partial charge in [-0.2, -0.15) is 0 Å². The monoisotopic (exact) mass is 349 g/mol. The van der Waals surface area contributed by atoms with E-state index in [0.29, 0.717) is 12.3 Å². The molecule has 0 saturated heterocycles. The van der Waals surface area contributed by atoms with Crippen LogP contribution in [0.25, 0.3) is 0 Å². The third-order valence-corrected chi connectivity index (χ3v) is 3.28. The van der Waals surface area contributed by atoms with Gasteiger partial charge < -0.3 is 15.2 Å². The average Bonchev–Trinajstić information content (AvgIpc) is 2.49. The van der Waals surface area contributed by atoms with Crippen molar-refractivity contribution in [3.05, 3.63) is 52.5 Å². The molecule has 0 aliphatic carbocycles. The van der Waals surface area contributed by atoms with Crippen molar-refractivity contribution in [1.29, 1.82) is 0 Å². The molecule has 0 aromatic heterocycles. The highest BCUT2D eigenvalue weighted by atomic mass is 79.9. The van der Waals surface area contributed by atoms with Crippen LogP contribution in [-0.4, -0.2) is 17.6 Å². The third-order valence-electron chi connectivity index (χ3n) is 2.79. The topological polar surface area (TPSA) is 58.6 Å². The smallest absolute Gasteiger partial charge is 0.259 e. The van der Waals surface area contributed by atoms with Gasteiger partial charge in [-0.1, -0.05) is 22.9 Å². The summed E-state index contributed by atoms with van der Waals surface area (Å²) in [6.45, 7) is 2.71. The number of carbonyl (C=O) groups excluding carboxylic acids is 1. The molecule has 0 aliphatic heterocycles. The van der Waals surface area contributed by atoms with Crippen molar-refractivity contribution in [1.82, 2.24) is 0 Å². The minimum Gasteiger partial charge on any atom is -0.507 e. The van der Waals surface area contributed by atoms with Gasteiger partial charge in [0.1, 0.15) is 11.5 Å². The van der Waals surface area contributed by atoms with Crippen LogP contribution in [-0.2, 0) is 0 Å². The molecule has 2 aromatic carbocycles. The third kappa shape index (κ3) is 4.23. The molecule has 0 spiro atoms. The zero-order valence-electron chi connectivity index (χ0n) is 11.6. The first-order valence-corrected chi connectivity index (χ1v) is 7.42. The molecule has 5 heteroatoms. The maximum atomic E-state index is 12.1. The highest BCUT2D eigenvalue weighted by molar-refractivity contribution is 9.10. The number of hydrogen-bond acceptors (Lipinski definition) is 3. The molecule has 2 rings (SSSR count). The van der Waals surface area contributed by atoms with Crippen LogP contribution in [0.2, 0.25) is 0 Å². The summed E-state index contributed by atoms with van der Waals surface area (Å²) in [7, 11) is 0. The van der Waals surface area contributed by atoms with E-state index in [2.05, 4.69) is 21.2 Å². The molecule has 0 atom stereocenters. The average molecular weight is 350 g/mol. The van der Waals surface area contributed by atoms with E-state index < -0.39 is 0 Å². The summed E-state index contributed by atoms with van der Waals surface area (Å²) >= 11 is 3.28. The van der Waals surface area contributed by atoms with Crippen LogP contribution in [0.15, 0.2) is 46.9 Å². The van der Waals surface area contributed by atoms with Gasteiger partial charge in [0.15, 0.2) is 0 Å². The maximum absolute atomic E-state index is 12.1. The maximum Gasteiger partial charge on any atom is 0.259 e. The molecule has 0 unspecified atom stereocenters. The number of phenolic OH excluding ortho intramolecular Hbond substituents is 1. The number of ether oxygens (including phenoxy) is 1. The van der Waals surface area contributed by atoms with E-state index in [1.54, 1.807) is 36.4 Å². The van der Waals surface area contributed by atoms with Crippen molar-refractivity contribution in [2.24, 2.45) is 0 Å². The Balaban J connectivity index is 2.07. The van der Waals surface area contributed by atoms with Crippen LogP contribution in [0.3, 0.4) is 0 Å². The summed E-state index contributed by atoms with van der Waals surface area (Å²) in [5, 5.41) is 12.5. The quantitative estimate of drug-likeness (QED) is 0.850. The van der Waals surface area contributed by atoms with Crippen LogP contribution in [0.4, 0.5) is 5.69 Å². The van der Waals surface area contributed by atoms with Crippen LogP contribution < -0.4 is 10.1 Å². The van der Waals surface area contributed by atoms with E-state index >= 15 is 0 Å². The lowest BCUT2D eigenvalue weighted by molar-refractivity contribution is 0.102. The van der Waals surface area contributed by atoms with E-state index in [0.717, 1.165) is 16.6 Å². The summed E-state index contributed by atoms with van der Waals surface area (Å²) in [6, 6.07) is 11.8. The minimum absolute atomic E-state index is 0.0569. The minimum atomic E-state index is -0.365. The summed E-state index contributed by atoms with van der Waals surface area (Å²) < 4.78 is 6.21. The number of amides is 1. The normalized spacial score (nSPS) is 10.2. The number of carbonyl (C=O) groups is 1. The van der Waals surface area contributed by atoms with Crippen molar-refractivity contribution in [2.75, 3.05) is 11.9 Å². The number of halogens is 1. The zero-order chi connectivity index (χ0) is 15.2. The highest BCUT2D eigenvalue weighted by Crippen LogP contribution is 2.23. The molecule has 1 amide bonds. The Morgan fingerprint density at radius 2 is 1.95 bits per heavy atom. The van der Waals surface area contributed by atoms with Gasteiger partial charge in [0.25, 0.3) is 5.91 Å². The lowest BCUT2D eigenvalue weighted by Gasteiger charge is -2.09. The molecule has 2 N–H and O–H groups in total. The standard InChI is InChI=1S/C16H16BrNO3/c1-2-9-21-13-6-4-12(5-7-13)18-16(20)14-10-11(17)3-8-15(14)19/h3-8,10,19H,2,9H2,1H3,(H,18,20). The highest BCUT2D eigenvalue weighted by Gasteiger charge is 2.11. The van der Waals surface area contributed by atoms with Crippen LogP contribution >= 0.6 is 15.9 Å². The summed E-state index contributed by atoms with van der Waals surface area (Å²) in [5.74, 6) is 0.342. The van der Waals surface area contributed by atoms with E-state index in [4.69, 9.17) is 4.74 Å². The van der Waals surface area contributed by atoms with E-state index in [1.165, 1.54) is 6.07 Å². The predicted molar refractivity (Wildman–Crippen MR) is 86.0 cm³/mol. The van der Waals surface area contributed by atoms with Gasteiger partial charge in [0.2, 0.25) is 0 Å². The van der Waals surface area contributed by atoms with Gasteiger partial charge in [0.05, 0.1) is 12.2 Å². The Labute approximate surface area is 131 Å². The van der Waals surface area contributed by atoms with Gasteiger partial charge >= 0.3 is 0 Å². The number of rotatable bonds is 5. The van der Waals surface area contributed by atoms with Crippen molar-refractivity contribution in [3.8, 4) is 11.5 Å². The fraction of sp³-hybridized carbons (Fsp3) is 0.188. The van der Waals surface area contributed by atoms with Gasteiger partial charge in [-0.05, 0) is 48.9 Å². The second-order valence-corrected chi connectivity index (χ2v) is 5.40. The Bertz CT molecular complexity index is 626. The zero-order valence-corrected chi connectivity index (χ0v) is 13.2. The Hall–Kier alpha value is -2.01. The molecule has 21 heavy (non-hydrogen) atoms. The number of hydrogen-bond donors (Lipinski definition) is 2. The molecule has 110 valence electrons. The summed E-state index contributed by atoms with van der Waals surface area (Å²) in [4.78, 5) is 12.1. The summed E-state index contributed by atoms with van der Waals surface area (Å²) in [5.41, 5.74) is 0.860. The van der Waals surface area contributed by atoms with Crippen LogP contribution in [0.1, 0.15) is 23.7 Å². The Kier molecular flexibility index (Phi) is 5.22. The first-order valence-electron chi connectivity index (χ1n) is 6.63. The fourth-order valence-electron chi connectivity index (χ4n) is 1.74. The molecular formula is C16H16BrNO3. The molecule has 0 fully saturated rings. The largest absolute Gasteiger partial charge is 0.507 e. The number of benzene rings is 2. The molecule has 0 heterocycles. The van der Waals surface area contributed by atoms with E-state index in [1.807, 2.05) is 6.92 Å². The molecular weight excluding hydrogens is 334 g/mol. The number of aromatic hydroxyl groups is 1.